The van der Waals surface area contributed by atoms with Crippen LogP contribution in [0.4, 0.5) is 0 Å². The van der Waals surface area contributed by atoms with Gasteiger partial charge in [0, 0.05) is 49.5 Å². The Hall–Kier alpha value is -8.47. The Morgan fingerprint density at radius 1 is 0.344 bits per heavy atom. The van der Waals surface area contributed by atoms with Crippen LogP contribution in [0.1, 0.15) is 22.3 Å². The van der Waals surface area contributed by atoms with Gasteiger partial charge in [-0.3, -0.25) is 0 Å². The van der Waals surface area contributed by atoms with Gasteiger partial charge < -0.3 is 4.74 Å². The van der Waals surface area contributed by atoms with Gasteiger partial charge in [0.25, 0.3) is 0 Å². The molecule has 3 heterocycles. The molecule has 13 rings (SSSR count). The van der Waals surface area contributed by atoms with Gasteiger partial charge in [0.05, 0.1) is 28.0 Å². The summed E-state index contributed by atoms with van der Waals surface area (Å²) in [4.78, 5) is 15.4. The lowest BCUT2D eigenvalue weighted by Crippen LogP contribution is -2.32. The van der Waals surface area contributed by atoms with E-state index in [4.69, 9.17) is 19.7 Å². The van der Waals surface area contributed by atoms with Crippen molar-refractivity contribution in [3.05, 3.63) is 247 Å². The largest absolute Gasteiger partial charge is 0.456 e. The highest BCUT2D eigenvalue weighted by atomic mass is 16.5. The van der Waals surface area contributed by atoms with Crippen LogP contribution >= 0.6 is 0 Å². The van der Waals surface area contributed by atoms with Crippen LogP contribution in [0.25, 0.3) is 89.1 Å². The smallest absolute Gasteiger partial charge is 0.160 e. The number of rotatable bonds is 5. The van der Waals surface area contributed by atoms with E-state index in [0.717, 1.165) is 94.8 Å². The number of hydrogen-bond acceptors (Lipinski definition) is 4. The minimum Gasteiger partial charge on any atom is -0.456 e. The van der Waals surface area contributed by atoms with Gasteiger partial charge >= 0.3 is 0 Å². The molecule has 0 fully saturated rings. The topological polar surface area (TPSA) is 47.9 Å². The summed E-state index contributed by atoms with van der Waals surface area (Å²) in [6.45, 7) is 0. The Morgan fingerprint density at radius 2 is 0.875 bits per heavy atom. The predicted molar refractivity (Wildman–Crippen MR) is 259 cm³/mol. The third kappa shape index (κ3) is 5.46. The van der Waals surface area contributed by atoms with Crippen LogP contribution in [-0.4, -0.2) is 15.0 Å². The maximum Gasteiger partial charge on any atom is 0.160 e. The molecule has 0 saturated heterocycles. The Bertz CT molecular complexity index is 3520. The Balaban J connectivity index is 1.00. The standard InChI is InChI=1S/C60H37N3O/c1-4-16-39(17-5-1)53-37-54(63-59(62-53)42-20-8-3-9-21-42)40-30-28-38(29-31-40)43-32-34-50-55(36-43)64-58-51(60(50)48-25-13-10-22-44(48)45-23-11-14-26-49(45)60)35-33-47-56(58)46-24-12-15-27-52(46)61-57(47)41-18-6-2-7-19-41/h1-37H. The summed E-state index contributed by atoms with van der Waals surface area (Å²) >= 11 is 0. The van der Waals surface area contributed by atoms with Gasteiger partial charge in [-0.25, -0.2) is 15.0 Å². The van der Waals surface area contributed by atoms with E-state index in [0.29, 0.717) is 5.82 Å². The average Bonchev–Trinajstić information content (AvgIpc) is 3.67. The van der Waals surface area contributed by atoms with E-state index in [1.807, 2.05) is 36.4 Å². The molecule has 9 aromatic carbocycles. The molecule has 2 aliphatic rings. The second-order valence-electron chi connectivity index (χ2n) is 16.6. The molecule has 0 radical (unpaired) electrons. The van der Waals surface area contributed by atoms with Crippen molar-refractivity contribution in [2.24, 2.45) is 0 Å². The third-order valence-corrected chi connectivity index (χ3v) is 13.2. The molecule has 64 heavy (non-hydrogen) atoms. The molecule has 298 valence electrons. The number of ether oxygens (including phenoxy) is 1. The molecular weight excluding hydrogens is 779 g/mol. The summed E-state index contributed by atoms with van der Waals surface area (Å²) in [5, 5.41) is 3.19. The van der Waals surface area contributed by atoms with Crippen molar-refractivity contribution < 1.29 is 4.74 Å². The Morgan fingerprint density at radius 3 is 1.56 bits per heavy atom. The fourth-order valence-corrected chi connectivity index (χ4v) is 10.3. The third-order valence-electron chi connectivity index (χ3n) is 13.2. The molecular formula is C60H37N3O. The van der Waals surface area contributed by atoms with Gasteiger partial charge in [-0.2, -0.15) is 0 Å². The highest BCUT2D eigenvalue weighted by Gasteiger charge is 2.51. The van der Waals surface area contributed by atoms with Gasteiger partial charge in [0.15, 0.2) is 5.82 Å². The molecule has 0 amide bonds. The van der Waals surface area contributed by atoms with Gasteiger partial charge in [-0.1, -0.05) is 206 Å². The van der Waals surface area contributed by atoms with Gasteiger partial charge in [-0.15, -0.1) is 0 Å². The molecule has 0 unspecified atom stereocenters. The minimum atomic E-state index is -0.621. The van der Waals surface area contributed by atoms with Gasteiger partial charge in [0.2, 0.25) is 0 Å². The van der Waals surface area contributed by atoms with E-state index in [1.165, 1.54) is 22.3 Å². The lowest BCUT2D eigenvalue weighted by atomic mass is 9.65. The second-order valence-corrected chi connectivity index (χ2v) is 16.6. The van der Waals surface area contributed by atoms with E-state index in [1.54, 1.807) is 0 Å². The van der Waals surface area contributed by atoms with Gasteiger partial charge in [0.1, 0.15) is 11.5 Å². The van der Waals surface area contributed by atoms with Crippen LogP contribution in [-0.2, 0) is 5.41 Å². The summed E-state index contributed by atoms with van der Waals surface area (Å²) in [5.41, 5.74) is 16.5. The van der Waals surface area contributed by atoms with E-state index in [-0.39, 0.29) is 0 Å². The van der Waals surface area contributed by atoms with E-state index in [2.05, 4.69) is 188 Å². The molecule has 4 heteroatoms. The molecule has 1 aliphatic carbocycles. The predicted octanol–water partition coefficient (Wildman–Crippen LogP) is 15.0. The lowest BCUT2D eigenvalue weighted by Gasteiger charge is -2.40. The molecule has 0 N–H and O–H groups in total. The first-order valence-electron chi connectivity index (χ1n) is 21.8. The van der Waals surface area contributed by atoms with Crippen LogP contribution in [0.2, 0.25) is 0 Å². The first kappa shape index (κ1) is 36.2. The summed E-state index contributed by atoms with van der Waals surface area (Å²) in [6.07, 6.45) is 0. The number of para-hydroxylation sites is 1. The summed E-state index contributed by atoms with van der Waals surface area (Å²) in [5.74, 6) is 2.40. The summed E-state index contributed by atoms with van der Waals surface area (Å²) in [7, 11) is 0. The van der Waals surface area contributed by atoms with Crippen molar-refractivity contribution in [2.45, 2.75) is 5.41 Å². The van der Waals surface area contributed by atoms with Crippen molar-refractivity contribution >= 4 is 21.7 Å². The zero-order valence-corrected chi connectivity index (χ0v) is 34.6. The first-order chi connectivity index (χ1) is 31.7. The van der Waals surface area contributed by atoms with Crippen molar-refractivity contribution in [1.29, 1.82) is 0 Å². The monoisotopic (exact) mass is 815 g/mol. The summed E-state index contributed by atoms with van der Waals surface area (Å²) in [6, 6.07) is 79.5. The number of pyridine rings is 1. The zero-order valence-electron chi connectivity index (χ0n) is 34.6. The normalized spacial score (nSPS) is 12.9. The highest BCUT2D eigenvalue weighted by Crippen LogP contribution is 2.63. The first-order valence-corrected chi connectivity index (χ1v) is 21.8. The van der Waals surface area contributed by atoms with E-state index in [9.17, 15) is 0 Å². The van der Waals surface area contributed by atoms with Crippen LogP contribution in [0.15, 0.2) is 224 Å². The number of aromatic nitrogens is 3. The highest BCUT2D eigenvalue weighted by molar-refractivity contribution is 6.15. The Labute approximate surface area is 370 Å². The summed E-state index contributed by atoms with van der Waals surface area (Å²) < 4.78 is 7.43. The molecule has 0 saturated carbocycles. The van der Waals surface area contributed by atoms with Crippen molar-refractivity contribution in [2.75, 3.05) is 0 Å². The maximum atomic E-state index is 7.43. The van der Waals surface area contributed by atoms with Gasteiger partial charge in [-0.05, 0) is 51.6 Å². The fraction of sp³-hybridized carbons (Fsp3) is 0.0167. The number of nitrogens with zero attached hydrogens (tertiary/aromatic N) is 3. The molecule has 11 aromatic rings. The molecule has 4 nitrogen and oxygen atoms in total. The number of fused-ring (bicyclic) bond motifs is 13. The molecule has 1 spiro atoms. The zero-order chi connectivity index (χ0) is 42.2. The quantitative estimate of drug-likeness (QED) is 0.162. The van der Waals surface area contributed by atoms with Crippen molar-refractivity contribution in [3.63, 3.8) is 0 Å². The van der Waals surface area contributed by atoms with Crippen LogP contribution in [0.5, 0.6) is 11.5 Å². The minimum absolute atomic E-state index is 0.621. The maximum absolute atomic E-state index is 7.43. The van der Waals surface area contributed by atoms with E-state index < -0.39 is 5.41 Å². The Kier molecular flexibility index (Phi) is 8.09. The van der Waals surface area contributed by atoms with Crippen LogP contribution in [0.3, 0.4) is 0 Å². The SMILES string of the molecule is c1ccc(-c2cc(-c3ccc(-c4ccc5c(c4)Oc4c(ccc6c(-c7ccccc7)nc7ccccc7c46)C54c5ccccc5-c5ccccc54)cc3)nc(-c3ccccc3)n2)cc1. The van der Waals surface area contributed by atoms with Crippen LogP contribution in [0, 0.1) is 0 Å². The fourth-order valence-electron chi connectivity index (χ4n) is 10.3. The molecule has 2 aromatic heterocycles. The molecule has 1 aliphatic heterocycles. The lowest BCUT2D eigenvalue weighted by molar-refractivity contribution is 0.442. The molecule has 0 bridgehead atoms. The number of benzene rings is 9. The van der Waals surface area contributed by atoms with Crippen molar-refractivity contribution in [3.8, 4) is 78.9 Å². The second kappa shape index (κ2) is 14.3. The average molecular weight is 816 g/mol. The van der Waals surface area contributed by atoms with E-state index >= 15 is 0 Å². The number of hydrogen-bond donors (Lipinski definition) is 0. The molecule has 0 atom stereocenters. The van der Waals surface area contributed by atoms with Crippen LogP contribution < -0.4 is 4.74 Å². The van der Waals surface area contributed by atoms with Crippen molar-refractivity contribution in [1.82, 2.24) is 15.0 Å².